The Hall–Kier alpha value is -1.02. The summed E-state index contributed by atoms with van der Waals surface area (Å²) in [6.07, 6.45) is 2.79. The van der Waals surface area contributed by atoms with Gasteiger partial charge in [-0.2, -0.15) is 0 Å². The molecule has 2 heteroatoms. The van der Waals surface area contributed by atoms with E-state index in [-0.39, 0.29) is 6.10 Å². The zero-order valence-electron chi connectivity index (χ0n) is 9.49. The van der Waals surface area contributed by atoms with Crippen LogP contribution in [-0.4, -0.2) is 12.6 Å². The fourth-order valence-corrected chi connectivity index (χ4v) is 2.02. The Labute approximate surface area is 91.6 Å². The number of benzene rings is 1. The molecule has 2 rings (SSSR count). The molecule has 1 heterocycles. The van der Waals surface area contributed by atoms with Gasteiger partial charge in [0, 0.05) is 6.04 Å². The van der Waals surface area contributed by atoms with Crippen LogP contribution in [0.4, 0.5) is 0 Å². The highest BCUT2D eigenvalue weighted by molar-refractivity contribution is 5.29. The van der Waals surface area contributed by atoms with Crippen molar-refractivity contribution in [2.24, 2.45) is 0 Å². The predicted octanol–water partition coefficient (Wildman–Crippen LogP) is 2.90. The van der Waals surface area contributed by atoms with E-state index in [0.717, 1.165) is 12.3 Å². The maximum atomic E-state index is 5.61. The maximum absolute atomic E-state index is 5.61. The van der Waals surface area contributed by atoms with Crippen LogP contribution in [0.5, 0.6) is 5.75 Å². The van der Waals surface area contributed by atoms with Gasteiger partial charge in [0.2, 0.25) is 0 Å². The Bertz CT molecular complexity index is 299. The van der Waals surface area contributed by atoms with Gasteiger partial charge in [0.05, 0.1) is 6.10 Å². The molecule has 82 valence electrons. The van der Waals surface area contributed by atoms with E-state index in [1.54, 1.807) is 0 Å². The molecule has 15 heavy (non-hydrogen) atoms. The summed E-state index contributed by atoms with van der Waals surface area (Å²) in [5.74, 6) is 0.965. The highest BCUT2D eigenvalue weighted by Crippen LogP contribution is 2.24. The second-order valence-corrected chi connectivity index (χ2v) is 4.38. The molecule has 0 aromatic heterocycles. The van der Waals surface area contributed by atoms with Crippen LogP contribution in [0.1, 0.15) is 38.3 Å². The minimum atomic E-state index is 0.250. The maximum Gasteiger partial charge on any atom is 0.119 e. The molecule has 1 saturated heterocycles. The van der Waals surface area contributed by atoms with E-state index in [1.807, 2.05) is 13.8 Å². The van der Waals surface area contributed by atoms with Crippen LogP contribution < -0.4 is 10.1 Å². The van der Waals surface area contributed by atoms with Crippen molar-refractivity contribution in [1.29, 1.82) is 0 Å². The first-order chi connectivity index (χ1) is 7.25. The predicted molar refractivity (Wildman–Crippen MR) is 62.2 cm³/mol. The van der Waals surface area contributed by atoms with Crippen LogP contribution in [0.25, 0.3) is 0 Å². The van der Waals surface area contributed by atoms with Gasteiger partial charge in [-0.3, -0.25) is 0 Å². The third-order valence-electron chi connectivity index (χ3n) is 2.71. The van der Waals surface area contributed by atoms with E-state index in [1.165, 1.54) is 18.4 Å². The van der Waals surface area contributed by atoms with Gasteiger partial charge in [-0.15, -0.1) is 0 Å². The third kappa shape index (κ3) is 2.72. The van der Waals surface area contributed by atoms with Crippen molar-refractivity contribution in [2.45, 2.75) is 38.8 Å². The van der Waals surface area contributed by atoms with Crippen LogP contribution in [-0.2, 0) is 0 Å². The largest absolute Gasteiger partial charge is 0.491 e. The van der Waals surface area contributed by atoms with Crippen LogP contribution in [0, 0.1) is 0 Å². The Morgan fingerprint density at radius 3 is 2.53 bits per heavy atom. The number of rotatable bonds is 3. The minimum absolute atomic E-state index is 0.250. The van der Waals surface area contributed by atoms with E-state index in [4.69, 9.17) is 4.74 Å². The number of nitrogens with one attached hydrogen (secondary N) is 1. The van der Waals surface area contributed by atoms with Crippen molar-refractivity contribution in [3.63, 3.8) is 0 Å². The molecule has 1 aromatic carbocycles. The average molecular weight is 205 g/mol. The molecule has 0 amide bonds. The molecular formula is C13H19NO. The fraction of sp³-hybridized carbons (Fsp3) is 0.538. The lowest BCUT2D eigenvalue weighted by Gasteiger charge is -2.13. The van der Waals surface area contributed by atoms with Crippen LogP contribution >= 0.6 is 0 Å². The summed E-state index contributed by atoms with van der Waals surface area (Å²) in [6, 6.07) is 9.02. The van der Waals surface area contributed by atoms with Gasteiger partial charge >= 0.3 is 0 Å². The lowest BCUT2D eigenvalue weighted by atomic mass is 10.1. The summed E-state index contributed by atoms with van der Waals surface area (Å²) >= 11 is 0. The molecule has 0 aliphatic carbocycles. The van der Waals surface area contributed by atoms with Gasteiger partial charge in [0.15, 0.2) is 0 Å². The Morgan fingerprint density at radius 2 is 2.00 bits per heavy atom. The Balaban J connectivity index is 2.03. The van der Waals surface area contributed by atoms with Gasteiger partial charge in [-0.1, -0.05) is 12.1 Å². The monoisotopic (exact) mass is 205 g/mol. The van der Waals surface area contributed by atoms with E-state index < -0.39 is 0 Å². The summed E-state index contributed by atoms with van der Waals surface area (Å²) in [5.41, 5.74) is 1.38. The molecule has 1 atom stereocenters. The molecule has 2 nitrogen and oxygen atoms in total. The summed E-state index contributed by atoms with van der Waals surface area (Å²) < 4.78 is 5.61. The first-order valence-electron chi connectivity index (χ1n) is 5.76. The smallest absolute Gasteiger partial charge is 0.119 e. The molecule has 0 spiro atoms. The number of hydrogen-bond donors (Lipinski definition) is 1. The Morgan fingerprint density at radius 1 is 1.27 bits per heavy atom. The van der Waals surface area contributed by atoms with Gasteiger partial charge < -0.3 is 10.1 Å². The van der Waals surface area contributed by atoms with Gasteiger partial charge in [-0.25, -0.2) is 0 Å². The number of hydrogen-bond acceptors (Lipinski definition) is 2. The summed E-state index contributed by atoms with van der Waals surface area (Å²) in [4.78, 5) is 0. The first-order valence-corrected chi connectivity index (χ1v) is 5.76. The lowest BCUT2D eigenvalue weighted by Crippen LogP contribution is -2.12. The van der Waals surface area contributed by atoms with Gasteiger partial charge in [0.1, 0.15) is 5.75 Å². The molecule has 0 radical (unpaired) electrons. The lowest BCUT2D eigenvalue weighted by molar-refractivity contribution is 0.242. The standard InChI is InChI=1S/C13H19NO/c1-10(2)15-12-7-5-11(6-8-12)13-4-3-9-14-13/h5-8,10,13-14H,3-4,9H2,1-2H3/t13-/m0/s1. The topological polar surface area (TPSA) is 21.3 Å². The van der Waals surface area contributed by atoms with Crippen LogP contribution in [0.2, 0.25) is 0 Å². The molecule has 1 aromatic rings. The highest BCUT2D eigenvalue weighted by atomic mass is 16.5. The molecule has 0 bridgehead atoms. The van der Waals surface area contributed by atoms with E-state index >= 15 is 0 Å². The van der Waals surface area contributed by atoms with Gasteiger partial charge in [0.25, 0.3) is 0 Å². The normalized spacial score (nSPS) is 20.9. The molecule has 1 fully saturated rings. The van der Waals surface area contributed by atoms with Crippen molar-refractivity contribution in [3.8, 4) is 5.75 Å². The molecular weight excluding hydrogens is 186 g/mol. The molecule has 0 saturated carbocycles. The Kier molecular flexibility index (Phi) is 3.27. The second kappa shape index (κ2) is 4.67. The molecule has 1 aliphatic heterocycles. The fourth-order valence-electron chi connectivity index (χ4n) is 2.02. The highest BCUT2D eigenvalue weighted by Gasteiger charge is 2.15. The zero-order valence-corrected chi connectivity index (χ0v) is 9.49. The first kappa shape index (κ1) is 10.5. The average Bonchev–Trinajstić information content (AvgIpc) is 2.71. The minimum Gasteiger partial charge on any atom is -0.491 e. The van der Waals surface area contributed by atoms with Crippen molar-refractivity contribution in [1.82, 2.24) is 5.32 Å². The molecule has 1 aliphatic rings. The van der Waals surface area contributed by atoms with Gasteiger partial charge in [-0.05, 0) is 50.9 Å². The quantitative estimate of drug-likeness (QED) is 0.819. The third-order valence-corrected chi connectivity index (χ3v) is 2.71. The van der Waals surface area contributed by atoms with Crippen LogP contribution in [0.3, 0.4) is 0 Å². The van der Waals surface area contributed by atoms with E-state index in [0.29, 0.717) is 6.04 Å². The zero-order chi connectivity index (χ0) is 10.7. The number of ether oxygens (including phenoxy) is 1. The molecule has 0 unspecified atom stereocenters. The SMILES string of the molecule is CC(C)Oc1ccc([C@@H]2CCCN2)cc1. The van der Waals surface area contributed by atoms with Crippen molar-refractivity contribution in [2.75, 3.05) is 6.54 Å². The van der Waals surface area contributed by atoms with E-state index in [2.05, 4.69) is 29.6 Å². The summed E-state index contributed by atoms with van der Waals surface area (Å²) in [7, 11) is 0. The van der Waals surface area contributed by atoms with Crippen molar-refractivity contribution in [3.05, 3.63) is 29.8 Å². The van der Waals surface area contributed by atoms with Crippen molar-refractivity contribution >= 4 is 0 Å². The second-order valence-electron chi connectivity index (χ2n) is 4.38. The van der Waals surface area contributed by atoms with Crippen LogP contribution in [0.15, 0.2) is 24.3 Å². The van der Waals surface area contributed by atoms with E-state index in [9.17, 15) is 0 Å². The van der Waals surface area contributed by atoms with Crippen molar-refractivity contribution < 1.29 is 4.74 Å². The molecule has 1 N–H and O–H groups in total. The summed E-state index contributed by atoms with van der Waals surface area (Å²) in [5, 5.41) is 3.49. The summed E-state index contributed by atoms with van der Waals surface area (Å²) in [6.45, 7) is 5.24.